The Morgan fingerprint density at radius 3 is 2.42 bits per heavy atom. The van der Waals surface area contributed by atoms with Crippen molar-refractivity contribution in [2.24, 2.45) is 11.8 Å². The lowest BCUT2D eigenvalue weighted by Gasteiger charge is -2.20. The Hall–Kier alpha value is -1.24. The highest BCUT2D eigenvalue weighted by Gasteiger charge is 2.14. The molecule has 0 aliphatic rings. The van der Waals surface area contributed by atoms with E-state index < -0.39 is 0 Å². The molecule has 1 heteroatoms. The third-order valence-corrected chi connectivity index (χ3v) is 3.61. The summed E-state index contributed by atoms with van der Waals surface area (Å²) < 4.78 is 5.99. The summed E-state index contributed by atoms with van der Waals surface area (Å²) in [6.07, 6.45) is 3.49. The van der Waals surface area contributed by atoms with Gasteiger partial charge in [-0.1, -0.05) is 51.5 Å². The molecule has 0 bridgehead atoms. The lowest BCUT2D eigenvalue weighted by atomic mass is 9.94. The number of hydrogen-bond donors (Lipinski definition) is 0. The lowest BCUT2D eigenvalue weighted by molar-refractivity contribution is 0.316. The Balaban J connectivity index is 2.66. The van der Waals surface area contributed by atoms with Crippen LogP contribution >= 0.6 is 0 Å². The van der Waals surface area contributed by atoms with E-state index in [1.165, 1.54) is 17.5 Å². The fourth-order valence-corrected chi connectivity index (χ4v) is 2.27. The Morgan fingerprint density at radius 1 is 1.21 bits per heavy atom. The van der Waals surface area contributed by atoms with Crippen molar-refractivity contribution in [1.29, 1.82) is 0 Å². The van der Waals surface area contributed by atoms with Gasteiger partial charge in [-0.15, -0.1) is 0 Å². The van der Waals surface area contributed by atoms with Crippen molar-refractivity contribution < 1.29 is 4.74 Å². The second-order valence-corrected chi connectivity index (χ2v) is 5.91. The van der Waals surface area contributed by atoms with Gasteiger partial charge in [0.1, 0.15) is 5.75 Å². The monoisotopic (exact) mass is 260 g/mol. The topological polar surface area (TPSA) is 9.23 Å². The molecule has 0 saturated heterocycles. The molecule has 1 nitrogen and oxygen atoms in total. The van der Waals surface area contributed by atoms with Crippen molar-refractivity contribution in [1.82, 2.24) is 0 Å². The van der Waals surface area contributed by atoms with Crippen molar-refractivity contribution in [2.45, 2.75) is 53.9 Å². The SMILES string of the molecule is C=C(Oc1ccc(C)cc1C)C(CC)CCC(C)C. The largest absolute Gasteiger partial charge is 0.462 e. The Bertz CT molecular complexity index is 418. The zero-order valence-electron chi connectivity index (χ0n) is 13.1. The van der Waals surface area contributed by atoms with Crippen LogP contribution in [0.2, 0.25) is 0 Å². The summed E-state index contributed by atoms with van der Waals surface area (Å²) in [7, 11) is 0. The normalized spacial score (nSPS) is 12.5. The quantitative estimate of drug-likeness (QED) is 0.575. The predicted molar refractivity (Wildman–Crippen MR) is 83.5 cm³/mol. The van der Waals surface area contributed by atoms with E-state index >= 15 is 0 Å². The number of allylic oxidation sites excluding steroid dienone is 1. The van der Waals surface area contributed by atoms with Gasteiger partial charge in [0.05, 0.1) is 5.76 Å². The number of aryl methyl sites for hydroxylation is 2. The van der Waals surface area contributed by atoms with Crippen LogP contribution in [0, 0.1) is 25.7 Å². The molecule has 106 valence electrons. The van der Waals surface area contributed by atoms with Crippen molar-refractivity contribution >= 4 is 0 Å². The average Bonchev–Trinajstić information content (AvgIpc) is 2.33. The number of benzene rings is 1. The number of rotatable bonds is 7. The maximum Gasteiger partial charge on any atom is 0.129 e. The molecule has 19 heavy (non-hydrogen) atoms. The standard InChI is InChI=1S/C18H28O/c1-7-17(10-8-13(2)3)16(6)19-18-11-9-14(4)12-15(18)5/h9,11-13,17H,6-8,10H2,1-5H3. The van der Waals surface area contributed by atoms with Gasteiger partial charge in [0.15, 0.2) is 0 Å². The molecule has 0 heterocycles. The van der Waals surface area contributed by atoms with Crippen LogP contribution in [0.3, 0.4) is 0 Å². The summed E-state index contributed by atoms with van der Waals surface area (Å²) in [5.74, 6) is 3.06. The Morgan fingerprint density at radius 2 is 1.89 bits per heavy atom. The summed E-state index contributed by atoms with van der Waals surface area (Å²) in [6.45, 7) is 15.1. The van der Waals surface area contributed by atoms with E-state index in [-0.39, 0.29) is 0 Å². The summed E-state index contributed by atoms with van der Waals surface area (Å²) in [6, 6.07) is 6.29. The first-order valence-corrected chi connectivity index (χ1v) is 7.38. The zero-order chi connectivity index (χ0) is 14.4. The molecule has 1 aromatic rings. The highest BCUT2D eigenvalue weighted by Crippen LogP contribution is 2.27. The first-order valence-electron chi connectivity index (χ1n) is 7.38. The summed E-state index contributed by atoms with van der Waals surface area (Å²) in [5, 5.41) is 0. The Labute approximate surface area is 118 Å². The predicted octanol–water partition coefficient (Wildman–Crippen LogP) is 5.66. The van der Waals surface area contributed by atoms with E-state index in [1.54, 1.807) is 0 Å². The van der Waals surface area contributed by atoms with Gasteiger partial charge in [-0.3, -0.25) is 0 Å². The van der Waals surface area contributed by atoms with Crippen LogP contribution in [0.15, 0.2) is 30.5 Å². The van der Waals surface area contributed by atoms with Crippen molar-refractivity contribution in [3.8, 4) is 5.75 Å². The Kier molecular flexibility index (Phi) is 6.14. The van der Waals surface area contributed by atoms with Gasteiger partial charge >= 0.3 is 0 Å². The van der Waals surface area contributed by atoms with Crippen LogP contribution in [0.25, 0.3) is 0 Å². The van der Waals surface area contributed by atoms with Gasteiger partial charge in [-0.25, -0.2) is 0 Å². The molecule has 0 aromatic heterocycles. The highest BCUT2D eigenvalue weighted by atomic mass is 16.5. The molecule has 1 aromatic carbocycles. The number of ether oxygens (including phenoxy) is 1. The molecule has 0 saturated carbocycles. The minimum atomic E-state index is 0.461. The minimum absolute atomic E-state index is 0.461. The van der Waals surface area contributed by atoms with Gasteiger partial charge in [-0.05, 0) is 44.2 Å². The molecule has 0 amide bonds. The maximum atomic E-state index is 5.99. The molecule has 1 atom stereocenters. The van der Waals surface area contributed by atoms with Gasteiger partial charge in [0, 0.05) is 5.92 Å². The van der Waals surface area contributed by atoms with Gasteiger partial charge in [-0.2, -0.15) is 0 Å². The third-order valence-electron chi connectivity index (χ3n) is 3.61. The van der Waals surface area contributed by atoms with Crippen LogP contribution in [0.4, 0.5) is 0 Å². The van der Waals surface area contributed by atoms with Crippen LogP contribution in [0.5, 0.6) is 5.75 Å². The molecule has 0 radical (unpaired) electrons. The first kappa shape index (κ1) is 15.8. The van der Waals surface area contributed by atoms with Gasteiger partial charge in [0.25, 0.3) is 0 Å². The summed E-state index contributed by atoms with van der Waals surface area (Å²) in [5.41, 5.74) is 2.45. The molecule has 1 rings (SSSR count). The van der Waals surface area contributed by atoms with Crippen LogP contribution in [-0.4, -0.2) is 0 Å². The van der Waals surface area contributed by atoms with E-state index in [1.807, 2.05) is 6.07 Å². The van der Waals surface area contributed by atoms with E-state index in [0.717, 1.165) is 30.3 Å². The van der Waals surface area contributed by atoms with Crippen LogP contribution in [0.1, 0.15) is 51.2 Å². The minimum Gasteiger partial charge on any atom is -0.462 e. The second-order valence-electron chi connectivity index (χ2n) is 5.91. The van der Waals surface area contributed by atoms with Crippen molar-refractivity contribution in [3.63, 3.8) is 0 Å². The molecule has 0 spiro atoms. The summed E-state index contributed by atoms with van der Waals surface area (Å²) >= 11 is 0. The van der Waals surface area contributed by atoms with Crippen LogP contribution < -0.4 is 4.74 Å². The van der Waals surface area contributed by atoms with E-state index in [2.05, 4.69) is 53.3 Å². The van der Waals surface area contributed by atoms with Gasteiger partial charge < -0.3 is 4.74 Å². The zero-order valence-corrected chi connectivity index (χ0v) is 13.1. The second kappa shape index (κ2) is 7.37. The van der Waals surface area contributed by atoms with E-state index in [4.69, 9.17) is 4.74 Å². The molecule has 0 aliphatic carbocycles. The highest BCUT2D eigenvalue weighted by molar-refractivity contribution is 5.36. The van der Waals surface area contributed by atoms with Crippen molar-refractivity contribution in [2.75, 3.05) is 0 Å². The summed E-state index contributed by atoms with van der Waals surface area (Å²) in [4.78, 5) is 0. The number of hydrogen-bond acceptors (Lipinski definition) is 1. The molecular formula is C18H28O. The average molecular weight is 260 g/mol. The fourth-order valence-electron chi connectivity index (χ4n) is 2.27. The first-order chi connectivity index (χ1) is 8.93. The maximum absolute atomic E-state index is 5.99. The van der Waals surface area contributed by atoms with E-state index in [9.17, 15) is 0 Å². The molecule has 0 N–H and O–H groups in total. The third kappa shape index (κ3) is 5.10. The smallest absolute Gasteiger partial charge is 0.129 e. The van der Waals surface area contributed by atoms with Gasteiger partial charge in [0.2, 0.25) is 0 Å². The van der Waals surface area contributed by atoms with Crippen molar-refractivity contribution in [3.05, 3.63) is 41.7 Å². The van der Waals surface area contributed by atoms with Crippen LogP contribution in [-0.2, 0) is 0 Å². The molecule has 1 unspecified atom stereocenters. The lowest BCUT2D eigenvalue weighted by Crippen LogP contribution is -2.09. The molecular weight excluding hydrogens is 232 g/mol. The van der Waals surface area contributed by atoms with E-state index in [0.29, 0.717) is 5.92 Å². The fraction of sp³-hybridized carbons (Fsp3) is 0.556. The molecule has 0 fully saturated rings. The molecule has 0 aliphatic heterocycles.